The summed E-state index contributed by atoms with van der Waals surface area (Å²) in [5, 5.41) is 10.7. The second-order valence-corrected chi connectivity index (χ2v) is 6.64. The molecule has 0 aliphatic carbocycles. The van der Waals surface area contributed by atoms with Crippen molar-refractivity contribution in [3.8, 4) is 6.07 Å². The maximum Gasteiger partial charge on any atom is 0.185 e. The van der Waals surface area contributed by atoms with Crippen LogP contribution in [-0.2, 0) is 19.3 Å². The fourth-order valence-corrected chi connectivity index (χ4v) is 2.94. The molecule has 96 valence electrons. The molecule has 0 spiro atoms. The summed E-state index contributed by atoms with van der Waals surface area (Å²) in [6.07, 6.45) is 1.90. The SMILES string of the molecule is CS(=O)(=O)C(C#N)=Cc1sccc1C1OCCO1. The molecule has 1 aliphatic rings. The molecule has 0 amide bonds. The number of nitriles is 1. The van der Waals surface area contributed by atoms with Gasteiger partial charge in [-0.25, -0.2) is 8.42 Å². The van der Waals surface area contributed by atoms with Crippen LogP contribution < -0.4 is 0 Å². The van der Waals surface area contributed by atoms with Gasteiger partial charge < -0.3 is 9.47 Å². The Hall–Kier alpha value is -1.20. The van der Waals surface area contributed by atoms with E-state index in [9.17, 15) is 8.42 Å². The Kier molecular flexibility index (Phi) is 3.82. The molecule has 0 radical (unpaired) electrons. The zero-order valence-corrected chi connectivity index (χ0v) is 11.3. The summed E-state index contributed by atoms with van der Waals surface area (Å²) in [7, 11) is -3.51. The third-order valence-electron chi connectivity index (χ3n) is 2.37. The van der Waals surface area contributed by atoms with Crippen molar-refractivity contribution in [2.24, 2.45) is 0 Å². The van der Waals surface area contributed by atoms with E-state index in [-0.39, 0.29) is 4.91 Å². The highest BCUT2D eigenvalue weighted by Gasteiger charge is 2.22. The molecule has 0 aromatic carbocycles. The van der Waals surface area contributed by atoms with Crippen molar-refractivity contribution in [1.29, 1.82) is 5.26 Å². The topological polar surface area (TPSA) is 76.4 Å². The van der Waals surface area contributed by atoms with Gasteiger partial charge in [0.05, 0.1) is 13.2 Å². The molecule has 1 fully saturated rings. The fraction of sp³-hybridized carbons (Fsp3) is 0.364. The van der Waals surface area contributed by atoms with Gasteiger partial charge in [0.2, 0.25) is 0 Å². The summed E-state index contributed by atoms with van der Waals surface area (Å²) in [5.41, 5.74) is 0.758. The van der Waals surface area contributed by atoms with E-state index in [2.05, 4.69) is 0 Å². The van der Waals surface area contributed by atoms with E-state index < -0.39 is 16.1 Å². The lowest BCUT2D eigenvalue weighted by Crippen LogP contribution is -2.00. The van der Waals surface area contributed by atoms with E-state index in [4.69, 9.17) is 14.7 Å². The Labute approximate surface area is 109 Å². The van der Waals surface area contributed by atoms with E-state index in [1.807, 2.05) is 11.4 Å². The lowest BCUT2D eigenvalue weighted by Gasteiger charge is -2.08. The molecule has 1 aromatic rings. The van der Waals surface area contributed by atoms with Crippen LogP contribution in [0, 0.1) is 11.3 Å². The molecule has 1 aliphatic heterocycles. The Balaban J connectivity index is 2.38. The zero-order chi connectivity index (χ0) is 13.2. The van der Waals surface area contributed by atoms with E-state index in [0.29, 0.717) is 18.1 Å². The first-order chi connectivity index (χ1) is 8.52. The van der Waals surface area contributed by atoms with Crippen LogP contribution >= 0.6 is 11.3 Å². The largest absolute Gasteiger partial charge is 0.346 e. The molecule has 1 aromatic heterocycles. The number of hydrogen-bond donors (Lipinski definition) is 0. The van der Waals surface area contributed by atoms with Gasteiger partial charge in [0.15, 0.2) is 16.1 Å². The molecule has 0 bridgehead atoms. The van der Waals surface area contributed by atoms with Gasteiger partial charge in [0.25, 0.3) is 0 Å². The number of allylic oxidation sites excluding steroid dienone is 1. The third kappa shape index (κ3) is 2.79. The van der Waals surface area contributed by atoms with Gasteiger partial charge in [-0.15, -0.1) is 11.3 Å². The van der Waals surface area contributed by atoms with Crippen molar-refractivity contribution in [3.05, 3.63) is 26.8 Å². The van der Waals surface area contributed by atoms with Crippen molar-refractivity contribution in [1.82, 2.24) is 0 Å². The molecule has 2 heterocycles. The monoisotopic (exact) mass is 285 g/mol. The van der Waals surface area contributed by atoms with Gasteiger partial charge in [-0.1, -0.05) is 0 Å². The fourth-order valence-electron chi connectivity index (χ4n) is 1.52. The minimum atomic E-state index is -3.51. The molecular formula is C11H11NO4S2. The highest BCUT2D eigenvalue weighted by molar-refractivity contribution is 7.95. The summed E-state index contributed by atoms with van der Waals surface area (Å²) in [5.74, 6) is 0. The van der Waals surface area contributed by atoms with Gasteiger partial charge in [0, 0.05) is 16.7 Å². The average molecular weight is 285 g/mol. The Morgan fingerprint density at radius 1 is 1.56 bits per heavy atom. The molecule has 0 unspecified atom stereocenters. The van der Waals surface area contributed by atoms with Gasteiger partial charge >= 0.3 is 0 Å². The van der Waals surface area contributed by atoms with Crippen LogP contribution in [0.1, 0.15) is 16.7 Å². The molecule has 7 heteroatoms. The maximum absolute atomic E-state index is 11.4. The third-order valence-corrected chi connectivity index (χ3v) is 4.26. The molecule has 0 saturated carbocycles. The van der Waals surface area contributed by atoms with E-state index in [1.165, 1.54) is 17.4 Å². The maximum atomic E-state index is 11.4. The Morgan fingerprint density at radius 2 is 2.22 bits per heavy atom. The van der Waals surface area contributed by atoms with Crippen LogP contribution in [0.3, 0.4) is 0 Å². The molecule has 5 nitrogen and oxygen atoms in total. The first-order valence-corrected chi connectivity index (χ1v) is 7.92. The zero-order valence-electron chi connectivity index (χ0n) is 9.62. The predicted octanol–water partition coefficient (Wildman–Crippen LogP) is 1.70. The molecule has 1 saturated heterocycles. The summed E-state index contributed by atoms with van der Waals surface area (Å²) >= 11 is 1.34. The number of sulfone groups is 1. The van der Waals surface area contributed by atoms with Crippen molar-refractivity contribution >= 4 is 27.3 Å². The van der Waals surface area contributed by atoms with Crippen molar-refractivity contribution in [2.75, 3.05) is 19.5 Å². The van der Waals surface area contributed by atoms with Gasteiger partial charge in [0.1, 0.15) is 11.0 Å². The second-order valence-electron chi connectivity index (χ2n) is 3.71. The van der Waals surface area contributed by atoms with Crippen LogP contribution in [0.5, 0.6) is 0 Å². The van der Waals surface area contributed by atoms with Crippen LogP contribution in [0.4, 0.5) is 0 Å². The smallest absolute Gasteiger partial charge is 0.185 e. The highest BCUT2D eigenvalue weighted by Crippen LogP contribution is 2.31. The lowest BCUT2D eigenvalue weighted by atomic mass is 10.2. The number of nitrogens with zero attached hydrogens (tertiary/aromatic N) is 1. The highest BCUT2D eigenvalue weighted by atomic mass is 32.2. The van der Waals surface area contributed by atoms with Gasteiger partial charge in [-0.2, -0.15) is 5.26 Å². The average Bonchev–Trinajstić information content (AvgIpc) is 2.94. The quantitative estimate of drug-likeness (QED) is 0.790. The first-order valence-electron chi connectivity index (χ1n) is 5.15. The van der Waals surface area contributed by atoms with E-state index in [1.54, 1.807) is 6.07 Å². The van der Waals surface area contributed by atoms with E-state index in [0.717, 1.165) is 11.8 Å². The first kappa shape index (κ1) is 13.2. The number of hydrogen-bond acceptors (Lipinski definition) is 6. The minimum Gasteiger partial charge on any atom is -0.346 e. The second kappa shape index (κ2) is 5.20. The van der Waals surface area contributed by atoms with Crippen LogP contribution in [0.2, 0.25) is 0 Å². The lowest BCUT2D eigenvalue weighted by molar-refractivity contribution is -0.0439. The van der Waals surface area contributed by atoms with Crippen LogP contribution in [0.25, 0.3) is 6.08 Å². The molecule has 2 rings (SSSR count). The van der Waals surface area contributed by atoms with Gasteiger partial charge in [-0.3, -0.25) is 0 Å². The standard InChI is InChI=1S/C11H11NO4S2/c1-18(13,14)8(7-12)6-10-9(2-5-17-10)11-15-3-4-16-11/h2,5-6,11H,3-4H2,1H3. The normalized spacial score (nSPS) is 17.9. The summed E-state index contributed by atoms with van der Waals surface area (Å²) in [4.78, 5) is 0.410. The Bertz CT molecular complexity index is 603. The molecule has 0 atom stereocenters. The summed E-state index contributed by atoms with van der Waals surface area (Å²) < 4.78 is 33.5. The summed E-state index contributed by atoms with van der Waals surface area (Å²) in [6, 6.07) is 3.51. The molecule has 0 N–H and O–H groups in total. The summed E-state index contributed by atoms with van der Waals surface area (Å²) in [6.45, 7) is 1.03. The van der Waals surface area contributed by atoms with Crippen molar-refractivity contribution < 1.29 is 17.9 Å². The number of rotatable bonds is 3. The van der Waals surface area contributed by atoms with Crippen molar-refractivity contribution in [3.63, 3.8) is 0 Å². The molecular weight excluding hydrogens is 274 g/mol. The minimum absolute atomic E-state index is 0.260. The molecule has 18 heavy (non-hydrogen) atoms. The van der Waals surface area contributed by atoms with Crippen LogP contribution in [0.15, 0.2) is 16.4 Å². The number of thiophene rings is 1. The predicted molar refractivity (Wildman–Crippen MR) is 67.4 cm³/mol. The van der Waals surface area contributed by atoms with Gasteiger partial charge in [-0.05, 0) is 17.5 Å². The Morgan fingerprint density at radius 3 is 2.78 bits per heavy atom. The van der Waals surface area contributed by atoms with E-state index >= 15 is 0 Å². The number of ether oxygens (including phenoxy) is 2. The van der Waals surface area contributed by atoms with Crippen LogP contribution in [-0.4, -0.2) is 27.9 Å². The van der Waals surface area contributed by atoms with Crippen molar-refractivity contribution in [2.45, 2.75) is 6.29 Å².